The van der Waals surface area contributed by atoms with Crippen LogP contribution in [0.3, 0.4) is 0 Å². The number of ether oxygens (including phenoxy) is 2. The van der Waals surface area contributed by atoms with E-state index >= 15 is 0 Å². The zero-order chi connectivity index (χ0) is 15.7. The third-order valence-electron chi connectivity index (χ3n) is 3.35. The maximum absolute atomic E-state index is 12.4. The Morgan fingerprint density at radius 2 is 1.95 bits per heavy atom. The normalized spacial score (nSPS) is 15.9. The van der Waals surface area contributed by atoms with E-state index in [-0.39, 0.29) is 0 Å². The number of carbonyl (C=O) groups is 2. The van der Waals surface area contributed by atoms with Crippen molar-refractivity contribution >= 4 is 29.2 Å². The van der Waals surface area contributed by atoms with Gasteiger partial charge in [-0.15, -0.1) is 0 Å². The van der Waals surface area contributed by atoms with Gasteiger partial charge in [-0.1, -0.05) is 11.6 Å². The number of methoxy groups -OCH3 is 1. The molecule has 2 aromatic carbocycles. The molecule has 1 amide bonds. The molecule has 0 spiro atoms. The largest absolute Gasteiger partial charge is 0.497 e. The van der Waals surface area contributed by atoms with Crippen molar-refractivity contribution in [1.29, 1.82) is 0 Å². The lowest BCUT2D eigenvalue weighted by Gasteiger charge is -2.09. The molecule has 0 aliphatic carbocycles. The van der Waals surface area contributed by atoms with Crippen molar-refractivity contribution in [1.82, 2.24) is 0 Å². The molecule has 1 heterocycles. The first kappa shape index (κ1) is 14.4. The van der Waals surface area contributed by atoms with E-state index in [0.717, 1.165) is 0 Å². The van der Waals surface area contributed by atoms with E-state index in [9.17, 15) is 9.59 Å². The average Bonchev–Trinajstić information content (AvgIpc) is 2.83. The Morgan fingerprint density at radius 1 is 1.23 bits per heavy atom. The van der Waals surface area contributed by atoms with E-state index in [1.165, 1.54) is 0 Å². The lowest BCUT2D eigenvalue weighted by Crippen LogP contribution is -2.26. The van der Waals surface area contributed by atoms with Crippen molar-refractivity contribution < 1.29 is 19.1 Å². The van der Waals surface area contributed by atoms with Crippen LogP contribution in [0.1, 0.15) is 11.5 Å². The van der Waals surface area contributed by atoms with Gasteiger partial charge in [0.1, 0.15) is 11.5 Å². The SMILES string of the molecule is COc1ccc(NC(=O)C2C(=O)Oc3ccc(Cl)cc32)cc1. The molecule has 1 N–H and O–H groups in total. The molecule has 0 bridgehead atoms. The van der Waals surface area contributed by atoms with Gasteiger partial charge in [0.2, 0.25) is 5.91 Å². The smallest absolute Gasteiger partial charge is 0.328 e. The van der Waals surface area contributed by atoms with Crippen molar-refractivity contribution in [2.75, 3.05) is 12.4 Å². The molecule has 0 radical (unpaired) electrons. The molecule has 0 fully saturated rings. The quantitative estimate of drug-likeness (QED) is 0.537. The van der Waals surface area contributed by atoms with Crippen molar-refractivity contribution in [3.8, 4) is 11.5 Å². The summed E-state index contributed by atoms with van der Waals surface area (Å²) in [5.74, 6) is -1.05. The second-order valence-corrected chi connectivity index (χ2v) is 5.19. The van der Waals surface area contributed by atoms with Crippen LogP contribution in [0.15, 0.2) is 42.5 Å². The number of anilines is 1. The summed E-state index contributed by atoms with van der Waals surface area (Å²) in [5, 5.41) is 3.13. The van der Waals surface area contributed by atoms with Crippen LogP contribution < -0.4 is 14.8 Å². The fourth-order valence-corrected chi connectivity index (χ4v) is 2.45. The van der Waals surface area contributed by atoms with Gasteiger partial charge in [-0.25, -0.2) is 0 Å². The van der Waals surface area contributed by atoms with Crippen LogP contribution in [-0.4, -0.2) is 19.0 Å². The Labute approximate surface area is 131 Å². The molecular formula is C16H12ClNO4. The minimum atomic E-state index is -1.02. The van der Waals surface area contributed by atoms with E-state index in [1.807, 2.05) is 0 Å². The van der Waals surface area contributed by atoms with Gasteiger partial charge >= 0.3 is 5.97 Å². The van der Waals surface area contributed by atoms with E-state index in [0.29, 0.717) is 27.8 Å². The van der Waals surface area contributed by atoms with Crippen molar-refractivity contribution in [2.45, 2.75) is 5.92 Å². The number of rotatable bonds is 3. The van der Waals surface area contributed by atoms with E-state index in [4.69, 9.17) is 21.1 Å². The zero-order valence-corrected chi connectivity index (χ0v) is 12.4. The number of amides is 1. The Hall–Kier alpha value is -2.53. The minimum absolute atomic E-state index is 0.365. The number of nitrogens with one attached hydrogen (secondary N) is 1. The maximum Gasteiger partial charge on any atom is 0.328 e. The lowest BCUT2D eigenvalue weighted by molar-refractivity contribution is -0.137. The molecule has 1 aliphatic heterocycles. The van der Waals surface area contributed by atoms with Gasteiger partial charge in [-0.2, -0.15) is 0 Å². The summed E-state index contributed by atoms with van der Waals surface area (Å²) in [5.41, 5.74) is 1.04. The first-order valence-corrected chi connectivity index (χ1v) is 6.92. The van der Waals surface area contributed by atoms with Gasteiger partial charge < -0.3 is 14.8 Å². The molecule has 0 saturated carbocycles. The van der Waals surface area contributed by atoms with E-state index in [1.54, 1.807) is 49.6 Å². The summed E-state index contributed by atoms with van der Waals surface area (Å²) < 4.78 is 10.1. The monoisotopic (exact) mass is 317 g/mol. The number of halogens is 1. The molecule has 5 nitrogen and oxygen atoms in total. The van der Waals surface area contributed by atoms with Crippen molar-refractivity contribution in [2.24, 2.45) is 0 Å². The number of hydrogen-bond acceptors (Lipinski definition) is 4. The Kier molecular flexibility index (Phi) is 3.73. The van der Waals surface area contributed by atoms with Gasteiger partial charge in [0.05, 0.1) is 7.11 Å². The number of hydrogen-bond donors (Lipinski definition) is 1. The average molecular weight is 318 g/mol. The van der Waals surface area contributed by atoms with E-state index < -0.39 is 17.8 Å². The van der Waals surface area contributed by atoms with Crippen LogP contribution in [0.4, 0.5) is 5.69 Å². The Balaban J connectivity index is 1.83. The number of esters is 1. The molecule has 0 aromatic heterocycles. The number of carbonyl (C=O) groups excluding carboxylic acids is 2. The standard InChI is InChI=1S/C16H12ClNO4/c1-21-11-5-3-10(4-6-11)18-15(19)14-12-8-9(17)2-7-13(12)22-16(14)20/h2-8,14H,1H3,(H,18,19). The van der Waals surface area contributed by atoms with Crippen LogP contribution >= 0.6 is 11.6 Å². The predicted octanol–water partition coefficient (Wildman–Crippen LogP) is 2.99. The van der Waals surface area contributed by atoms with Crippen LogP contribution in [0.5, 0.6) is 11.5 Å². The predicted molar refractivity (Wildman–Crippen MR) is 81.5 cm³/mol. The maximum atomic E-state index is 12.4. The highest BCUT2D eigenvalue weighted by Gasteiger charge is 2.39. The van der Waals surface area contributed by atoms with Gasteiger partial charge in [0, 0.05) is 16.3 Å². The van der Waals surface area contributed by atoms with Gasteiger partial charge in [-0.3, -0.25) is 9.59 Å². The summed E-state index contributed by atoms with van der Waals surface area (Å²) >= 11 is 5.92. The fraction of sp³-hybridized carbons (Fsp3) is 0.125. The zero-order valence-electron chi connectivity index (χ0n) is 11.6. The third kappa shape index (κ3) is 2.63. The van der Waals surface area contributed by atoms with Crippen molar-refractivity contribution in [3.63, 3.8) is 0 Å². The first-order chi connectivity index (χ1) is 10.6. The van der Waals surface area contributed by atoms with Gasteiger partial charge in [0.25, 0.3) is 0 Å². The molecule has 6 heteroatoms. The Morgan fingerprint density at radius 3 is 2.64 bits per heavy atom. The summed E-state index contributed by atoms with van der Waals surface area (Å²) in [6, 6.07) is 11.6. The lowest BCUT2D eigenvalue weighted by atomic mass is 10.00. The second-order valence-electron chi connectivity index (χ2n) is 4.75. The summed E-state index contributed by atoms with van der Waals surface area (Å²) in [6.07, 6.45) is 0. The molecule has 2 aromatic rings. The van der Waals surface area contributed by atoms with Crippen LogP contribution in [0, 0.1) is 0 Å². The molecule has 1 atom stereocenters. The summed E-state index contributed by atoms with van der Waals surface area (Å²) in [6.45, 7) is 0. The fourth-order valence-electron chi connectivity index (χ4n) is 2.27. The highest BCUT2D eigenvalue weighted by atomic mass is 35.5. The molecular weight excluding hydrogens is 306 g/mol. The Bertz CT molecular complexity index is 742. The van der Waals surface area contributed by atoms with Crippen LogP contribution in [0.2, 0.25) is 5.02 Å². The summed E-state index contributed by atoms with van der Waals surface area (Å²) in [4.78, 5) is 24.3. The molecule has 1 unspecified atom stereocenters. The molecule has 0 saturated heterocycles. The second kappa shape index (κ2) is 5.69. The highest BCUT2D eigenvalue weighted by Crippen LogP contribution is 2.37. The topological polar surface area (TPSA) is 64.6 Å². The molecule has 3 rings (SSSR count). The van der Waals surface area contributed by atoms with Gasteiger partial charge in [0.15, 0.2) is 5.92 Å². The van der Waals surface area contributed by atoms with E-state index in [2.05, 4.69) is 5.32 Å². The minimum Gasteiger partial charge on any atom is -0.497 e. The summed E-state index contributed by atoms with van der Waals surface area (Å²) in [7, 11) is 1.56. The third-order valence-corrected chi connectivity index (χ3v) is 3.58. The van der Waals surface area contributed by atoms with Crippen LogP contribution in [0.25, 0.3) is 0 Å². The number of fused-ring (bicyclic) bond motifs is 1. The molecule has 112 valence electrons. The highest BCUT2D eigenvalue weighted by molar-refractivity contribution is 6.31. The van der Waals surface area contributed by atoms with Gasteiger partial charge in [-0.05, 0) is 42.5 Å². The first-order valence-electron chi connectivity index (χ1n) is 6.54. The van der Waals surface area contributed by atoms with Crippen LogP contribution in [-0.2, 0) is 9.59 Å². The van der Waals surface area contributed by atoms with Crippen molar-refractivity contribution in [3.05, 3.63) is 53.1 Å². The molecule has 1 aliphatic rings. The number of benzene rings is 2. The molecule has 22 heavy (non-hydrogen) atoms.